The number of aromatic nitrogens is 6. The van der Waals surface area contributed by atoms with Crippen LogP contribution in [0.3, 0.4) is 0 Å². The number of furan rings is 1. The van der Waals surface area contributed by atoms with Gasteiger partial charge in [0.05, 0.1) is 12.0 Å². The van der Waals surface area contributed by atoms with Crippen LogP contribution in [0.1, 0.15) is 22.9 Å². The zero-order valence-electron chi connectivity index (χ0n) is 13.7. The molecule has 4 aromatic rings. The first-order valence-electron chi connectivity index (χ1n) is 8.00. The molecule has 1 aliphatic heterocycles. The molecule has 0 unspecified atom stereocenters. The van der Waals surface area contributed by atoms with Crippen molar-refractivity contribution in [2.45, 2.75) is 13.0 Å². The number of anilines is 2. The highest BCUT2D eigenvalue weighted by Gasteiger charge is 2.35. The molecule has 1 aromatic carbocycles. The third-order valence-electron chi connectivity index (χ3n) is 4.41. The van der Waals surface area contributed by atoms with Gasteiger partial charge in [0.2, 0.25) is 5.95 Å². The Morgan fingerprint density at radius 1 is 1.19 bits per heavy atom. The molecule has 0 saturated heterocycles. The molecule has 128 valence electrons. The van der Waals surface area contributed by atoms with Gasteiger partial charge in [-0.3, -0.25) is 4.79 Å². The zero-order valence-corrected chi connectivity index (χ0v) is 13.7. The molecule has 0 amide bonds. The lowest BCUT2D eigenvalue weighted by molar-refractivity contribution is 0.435. The summed E-state index contributed by atoms with van der Waals surface area (Å²) in [7, 11) is 0. The van der Waals surface area contributed by atoms with Crippen LogP contribution in [0, 0.1) is 6.92 Å². The molecule has 1 atom stereocenters. The smallest absolute Gasteiger partial charge is 0.288 e. The molecule has 0 saturated carbocycles. The van der Waals surface area contributed by atoms with Crippen LogP contribution in [0.2, 0.25) is 0 Å². The summed E-state index contributed by atoms with van der Waals surface area (Å²) >= 11 is 0. The normalized spacial score (nSPS) is 15.2. The first kappa shape index (κ1) is 14.6. The molecule has 1 aliphatic rings. The van der Waals surface area contributed by atoms with Gasteiger partial charge >= 0.3 is 0 Å². The highest BCUT2D eigenvalue weighted by molar-refractivity contribution is 5.75. The number of fused-ring (bicyclic) bond motifs is 2. The van der Waals surface area contributed by atoms with Gasteiger partial charge in [0.1, 0.15) is 17.5 Å². The van der Waals surface area contributed by atoms with Crippen molar-refractivity contribution in [3.05, 3.63) is 69.9 Å². The van der Waals surface area contributed by atoms with Crippen LogP contribution in [0.4, 0.5) is 11.6 Å². The van der Waals surface area contributed by atoms with Gasteiger partial charge in [-0.2, -0.15) is 9.78 Å². The van der Waals surface area contributed by atoms with Crippen molar-refractivity contribution in [1.29, 1.82) is 0 Å². The summed E-state index contributed by atoms with van der Waals surface area (Å²) < 4.78 is 7.21. The predicted molar refractivity (Wildman–Crippen MR) is 92.1 cm³/mol. The second-order valence-electron chi connectivity index (χ2n) is 6.05. The highest BCUT2D eigenvalue weighted by atomic mass is 16.3. The molecule has 0 radical (unpaired) electrons. The van der Waals surface area contributed by atoms with Gasteiger partial charge in [-0.05, 0) is 29.5 Å². The first-order chi connectivity index (χ1) is 12.7. The number of nitrogens with zero attached hydrogens (tertiary/aromatic N) is 5. The van der Waals surface area contributed by atoms with E-state index in [1.807, 2.05) is 37.3 Å². The molecule has 0 spiro atoms. The lowest BCUT2D eigenvalue weighted by atomic mass is 9.95. The fourth-order valence-corrected chi connectivity index (χ4v) is 3.18. The maximum atomic E-state index is 12.5. The van der Waals surface area contributed by atoms with Gasteiger partial charge in [-0.25, -0.2) is 5.10 Å². The Bertz CT molecular complexity index is 1140. The Balaban J connectivity index is 1.82. The van der Waals surface area contributed by atoms with Gasteiger partial charge in [0, 0.05) is 11.1 Å². The summed E-state index contributed by atoms with van der Waals surface area (Å²) in [6.45, 7) is 2.01. The maximum Gasteiger partial charge on any atom is 0.288 e. The quantitative estimate of drug-likeness (QED) is 0.502. The van der Waals surface area contributed by atoms with E-state index in [9.17, 15) is 4.79 Å². The topological polar surface area (TPSA) is 115 Å². The lowest BCUT2D eigenvalue weighted by Gasteiger charge is -2.26. The molecular formula is C17H13N7O2. The van der Waals surface area contributed by atoms with Crippen molar-refractivity contribution < 1.29 is 4.42 Å². The van der Waals surface area contributed by atoms with Crippen molar-refractivity contribution in [1.82, 2.24) is 30.4 Å². The van der Waals surface area contributed by atoms with Crippen molar-refractivity contribution in [2.24, 2.45) is 0 Å². The van der Waals surface area contributed by atoms with Crippen LogP contribution in [0.5, 0.6) is 0 Å². The second kappa shape index (κ2) is 5.38. The number of tetrazole rings is 1. The fraction of sp³-hybridized carbons (Fsp3) is 0.118. The van der Waals surface area contributed by atoms with Crippen LogP contribution in [-0.2, 0) is 0 Å². The van der Waals surface area contributed by atoms with E-state index in [0.29, 0.717) is 28.7 Å². The number of benzene rings is 1. The van der Waals surface area contributed by atoms with Crippen molar-refractivity contribution >= 4 is 11.6 Å². The van der Waals surface area contributed by atoms with E-state index < -0.39 is 6.04 Å². The molecular weight excluding hydrogens is 334 g/mol. The van der Waals surface area contributed by atoms with Crippen LogP contribution < -0.4 is 10.9 Å². The average molecular weight is 347 g/mol. The van der Waals surface area contributed by atoms with Crippen LogP contribution in [0.15, 0.2) is 51.9 Å². The Morgan fingerprint density at radius 3 is 2.81 bits per heavy atom. The molecule has 9 nitrogen and oxygen atoms in total. The highest BCUT2D eigenvalue weighted by Crippen LogP contribution is 2.40. The summed E-state index contributed by atoms with van der Waals surface area (Å²) in [6.07, 6.45) is 1.58. The number of aromatic amines is 1. The van der Waals surface area contributed by atoms with Crippen LogP contribution in [-0.4, -0.2) is 30.4 Å². The predicted octanol–water partition coefficient (Wildman–Crippen LogP) is 2.02. The van der Waals surface area contributed by atoms with Crippen LogP contribution in [0.25, 0.3) is 11.3 Å². The number of rotatable bonds is 2. The van der Waals surface area contributed by atoms with E-state index in [1.54, 1.807) is 17.0 Å². The Labute approximate surface area is 146 Å². The number of hydrogen-bond donors (Lipinski definition) is 2. The summed E-state index contributed by atoms with van der Waals surface area (Å²) in [5.41, 5.74) is 3.32. The molecule has 9 heteroatoms. The van der Waals surface area contributed by atoms with E-state index in [4.69, 9.17) is 4.42 Å². The van der Waals surface area contributed by atoms with Gasteiger partial charge in [-0.15, -0.1) is 0 Å². The van der Waals surface area contributed by atoms with Gasteiger partial charge < -0.3 is 9.73 Å². The van der Waals surface area contributed by atoms with E-state index in [0.717, 1.165) is 11.1 Å². The molecule has 0 bridgehead atoms. The Morgan fingerprint density at radius 2 is 2.04 bits per heavy atom. The van der Waals surface area contributed by atoms with E-state index in [1.165, 1.54) is 0 Å². The van der Waals surface area contributed by atoms with Crippen molar-refractivity contribution in [2.75, 3.05) is 5.32 Å². The van der Waals surface area contributed by atoms with E-state index in [2.05, 4.69) is 31.0 Å². The summed E-state index contributed by atoms with van der Waals surface area (Å²) in [4.78, 5) is 12.5. The molecule has 4 heterocycles. The second-order valence-corrected chi connectivity index (χ2v) is 6.05. The number of H-pyrrole nitrogens is 1. The summed E-state index contributed by atoms with van der Waals surface area (Å²) in [6, 6.07) is 11.0. The van der Waals surface area contributed by atoms with Crippen molar-refractivity contribution in [3.63, 3.8) is 0 Å². The fourth-order valence-electron chi connectivity index (χ4n) is 3.18. The van der Waals surface area contributed by atoms with E-state index in [-0.39, 0.29) is 5.56 Å². The SMILES string of the molecule is Cc1ccc(-c2n[nH]c(=O)c3c2[C@H](c2ccco2)n2nnnc2N3)cc1. The lowest BCUT2D eigenvalue weighted by Crippen LogP contribution is -2.28. The molecule has 3 aromatic heterocycles. The van der Waals surface area contributed by atoms with Crippen LogP contribution >= 0.6 is 0 Å². The Hall–Kier alpha value is -3.75. The molecule has 26 heavy (non-hydrogen) atoms. The Kier molecular flexibility index (Phi) is 3.02. The van der Waals surface area contributed by atoms with Gasteiger partial charge in [0.15, 0.2) is 0 Å². The molecule has 0 fully saturated rings. The largest absolute Gasteiger partial charge is 0.467 e. The van der Waals surface area contributed by atoms with Gasteiger partial charge in [-0.1, -0.05) is 34.9 Å². The number of hydrogen-bond acceptors (Lipinski definition) is 7. The minimum absolute atomic E-state index is 0.346. The number of nitrogens with one attached hydrogen (secondary N) is 2. The monoisotopic (exact) mass is 347 g/mol. The minimum atomic E-state index is -0.502. The zero-order chi connectivity index (χ0) is 17.7. The summed E-state index contributed by atoms with van der Waals surface area (Å²) in [5, 5.41) is 21.6. The number of aryl methyl sites for hydroxylation is 1. The first-order valence-corrected chi connectivity index (χ1v) is 8.00. The third-order valence-corrected chi connectivity index (χ3v) is 4.41. The van der Waals surface area contributed by atoms with Gasteiger partial charge in [0.25, 0.3) is 5.56 Å². The minimum Gasteiger partial charge on any atom is -0.467 e. The van der Waals surface area contributed by atoms with Crippen molar-refractivity contribution in [3.8, 4) is 11.3 Å². The molecule has 0 aliphatic carbocycles. The standard InChI is InChI=1S/C17H13N7O2/c1-9-4-6-10(7-5-9)13-12-14(16(25)20-19-13)18-17-21-22-23-24(17)15(12)11-3-2-8-26-11/h2-8,15H,1H3,(H,20,25)(H,18,21,23)/t15-/m0/s1. The molecule has 5 rings (SSSR count). The molecule has 2 N–H and O–H groups in total. The third kappa shape index (κ3) is 2.07. The summed E-state index contributed by atoms with van der Waals surface area (Å²) in [5.74, 6) is 0.979. The maximum absolute atomic E-state index is 12.5. The average Bonchev–Trinajstić information content (AvgIpc) is 3.33. The van der Waals surface area contributed by atoms with E-state index >= 15 is 0 Å².